The van der Waals surface area contributed by atoms with Gasteiger partial charge in [-0.1, -0.05) is 15.9 Å². The predicted molar refractivity (Wildman–Crippen MR) is 45.6 cm³/mol. The standard InChI is InChI=1S/C7H6BrF2NO2/c8-4-1-3(2-12)11-7(13)5(4)6(9)10/h1,6,12H,2H2,(H,11,13). The summed E-state index contributed by atoms with van der Waals surface area (Å²) in [5, 5.41) is 8.64. The fourth-order valence-corrected chi connectivity index (χ4v) is 1.51. The van der Waals surface area contributed by atoms with E-state index in [2.05, 4.69) is 20.9 Å². The Balaban J connectivity index is 3.32. The van der Waals surface area contributed by atoms with E-state index in [-0.39, 0.29) is 10.2 Å². The molecule has 3 nitrogen and oxygen atoms in total. The lowest BCUT2D eigenvalue weighted by Gasteiger charge is -2.03. The van der Waals surface area contributed by atoms with Crippen LogP contribution in [0.2, 0.25) is 0 Å². The van der Waals surface area contributed by atoms with Crippen LogP contribution in [0.4, 0.5) is 8.78 Å². The van der Waals surface area contributed by atoms with Gasteiger partial charge in [-0.05, 0) is 6.07 Å². The molecular weight excluding hydrogens is 248 g/mol. The molecule has 0 atom stereocenters. The predicted octanol–water partition coefficient (Wildman–Crippen LogP) is 1.57. The molecule has 1 aromatic heterocycles. The van der Waals surface area contributed by atoms with Gasteiger partial charge in [-0.2, -0.15) is 0 Å². The number of hydrogen-bond acceptors (Lipinski definition) is 2. The number of aromatic nitrogens is 1. The Kier molecular flexibility index (Phi) is 3.16. The van der Waals surface area contributed by atoms with Gasteiger partial charge < -0.3 is 10.1 Å². The van der Waals surface area contributed by atoms with Gasteiger partial charge in [-0.15, -0.1) is 0 Å². The molecule has 6 heteroatoms. The molecule has 0 saturated heterocycles. The van der Waals surface area contributed by atoms with Crippen molar-refractivity contribution in [2.75, 3.05) is 0 Å². The molecule has 0 unspecified atom stereocenters. The number of pyridine rings is 1. The molecule has 2 N–H and O–H groups in total. The molecule has 0 spiro atoms. The Labute approximate surface area is 80.5 Å². The highest BCUT2D eigenvalue weighted by atomic mass is 79.9. The zero-order valence-corrected chi connectivity index (χ0v) is 7.94. The molecule has 0 bridgehead atoms. The molecule has 1 heterocycles. The van der Waals surface area contributed by atoms with Crippen molar-refractivity contribution in [1.29, 1.82) is 0 Å². The lowest BCUT2D eigenvalue weighted by atomic mass is 10.2. The minimum absolute atomic E-state index is 0.00954. The Bertz CT molecular complexity index is 364. The Hall–Kier alpha value is -0.750. The summed E-state index contributed by atoms with van der Waals surface area (Å²) in [6, 6.07) is 1.25. The van der Waals surface area contributed by atoms with Crippen LogP contribution in [0.3, 0.4) is 0 Å². The number of nitrogens with one attached hydrogen (secondary N) is 1. The van der Waals surface area contributed by atoms with Crippen LogP contribution in [0.15, 0.2) is 15.3 Å². The number of aromatic amines is 1. The normalized spacial score (nSPS) is 10.8. The molecule has 0 aliphatic heterocycles. The van der Waals surface area contributed by atoms with Crippen LogP contribution in [-0.4, -0.2) is 10.1 Å². The number of alkyl halides is 2. The van der Waals surface area contributed by atoms with Crippen molar-refractivity contribution < 1.29 is 13.9 Å². The largest absolute Gasteiger partial charge is 0.390 e. The fraction of sp³-hybridized carbons (Fsp3) is 0.286. The van der Waals surface area contributed by atoms with Crippen molar-refractivity contribution in [3.8, 4) is 0 Å². The zero-order chi connectivity index (χ0) is 10.0. The molecule has 0 radical (unpaired) electrons. The molecule has 0 aromatic carbocycles. The van der Waals surface area contributed by atoms with E-state index in [1.54, 1.807) is 0 Å². The monoisotopic (exact) mass is 253 g/mol. The molecule has 0 aliphatic carbocycles. The number of H-pyrrole nitrogens is 1. The van der Waals surface area contributed by atoms with Gasteiger partial charge in [-0.3, -0.25) is 4.79 Å². The highest BCUT2D eigenvalue weighted by Gasteiger charge is 2.16. The highest BCUT2D eigenvalue weighted by molar-refractivity contribution is 9.10. The average Bonchev–Trinajstić information content (AvgIpc) is 2.02. The van der Waals surface area contributed by atoms with Gasteiger partial charge in [0.15, 0.2) is 0 Å². The van der Waals surface area contributed by atoms with Crippen molar-refractivity contribution in [2.45, 2.75) is 13.0 Å². The fourth-order valence-electron chi connectivity index (χ4n) is 0.877. The number of halogens is 3. The average molecular weight is 254 g/mol. The van der Waals surface area contributed by atoms with E-state index in [0.717, 1.165) is 0 Å². The van der Waals surface area contributed by atoms with Gasteiger partial charge in [0.25, 0.3) is 12.0 Å². The van der Waals surface area contributed by atoms with E-state index in [4.69, 9.17) is 5.11 Å². The summed E-state index contributed by atoms with van der Waals surface area (Å²) in [6.45, 7) is -0.392. The summed E-state index contributed by atoms with van der Waals surface area (Å²) in [4.78, 5) is 13.1. The topological polar surface area (TPSA) is 53.1 Å². The van der Waals surface area contributed by atoms with E-state index in [0.29, 0.717) is 0 Å². The van der Waals surface area contributed by atoms with E-state index < -0.39 is 24.2 Å². The molecule has 13 heavy (non-hydrogen) atoms. The summed E-state index contributed by atoms with van der Waals surface area (Å²) in [6.07, 6.45) is -2.83. The summed E-state index contributed by atoms with van der Waals surface area (Å²) >= 11 is 2.83. The minimum atomic E-state index is -2.83. The van der Waals surface area contributed by atoms with Crippen LogP contribution in [0.1, 0.15) is 17.7 Å². The quantitative estimate of drug-likeness (QED) is 0.841. The van der Waals surface area contributed by atoms with Crippen LogP contribution in [-0.2, 0) is 6.61 Å². The van der Waals surface area contributed by atoms with Crippen molar-refractivity contribution in [3.05, 3.63) is 32.2 Å². The SMILES string of the molecule is O=c1[nH]c(CO)cc(Br)c1C(F)F. The summed E-state index contributed by atoms with van der Waals surface area (Å²) in [5.41, 5.74) is -1.30. The first-order valence-corrected chi connectivity index (χ1v) is 4.16. The lowest BCUT2D eigenvalue weighted by Crippen LogP contribution is -2.15. The molecule has 1 rings (SSSR count). The van der Waals surface area contributed by atoms with Gasteiger partial charge in [-0.25, -0.2) is 8.78 Å². The molecule has 0 saturated carbocycles. The first-order valence-electron chi connectivity index (χ1n) is 3.37. The Morgan fingerprint density at radius 2 is 2.23 bits per heavy atom. The Morgan fingerprint density at radius 1 is 1.62 bits per heavy atom. The summed E-state index contributed by atoms with van der Waals surface area (Å²) < 4.78 is 24.4. The number of aliphatic hydroxyl groups excluding tert-OH is 1. The molecule has 72 valence electrons. The van der Waals surface area contributed by atoms with Gasteiger partial charge in [0.1, 0.15) is 0 Å². The summed E-state index contributed by atoms with van der Waals surface area (Å²) in [7, 11) is 0. The maximum absolute atomic E-state index is 12.2. The van der Waals surface area contributed by atoms with Crippen LogP contribution < -0.4 is 5.56 Å². The van der Waals surface area contributed by atoms with Crippen molar-refractivity contribution in [3.63, 3.8) is 0 Å². The molecule has 0 fully saturated rings. The maximum Gasteiger partial charge on any atom is 0.270 e. The third-order valence-electron chi connectivity index (χ3n) is 1.47. The van der Waals surface area contributed by atoms with Gasteiger partial charge >= 0.3 is 0 Å². The van der Waals surface area contributed by atoms with Crippen LogP contribution >= 0.6 is 15.9 Å². The third-order valence-corrected chi connectivity index (χ3v) is 2.12. The van der Waals surface area contributed by atoms with Crippen LogP contribution in [0, 0.1) is 0 Å². The second-order valence-electron chi connectivity index (χ2n) is 2.34. The summed E-state index contributed by atoms with van der Waals surface area (Å²) in [5.74, 6) is 0. The number of hydrogen-bond donors (Lipinski definition) is 2. The van der Waals surface area contributed by atoms with Crippen molar-refractivity contribution in [2.24, 2.45) is 0 Å². The van der Waals surface area contributed by atoms with E-state index in [1.165, 1.54) is 6.07 Å². The number of rotatable bonds is 2. The smallest absolute Gasteiger partial charge is 0.270 e. The maximum atomic E-state index is 12.2. The second kappa shape index (κ2) is 3.97. The van der Waals surface area contributed by atoms with E-state index in [1.807, 2.05) is 0 Å². The lowest BCUT2D eigenvalue weighted by molar-refractivity contribution is 0.148. The zero-order valence-electron chi connectivity index (χ0n) is 6.35. The van der Waals surface area contributed by atoms with E-state index in [9.17, 15) is 13.6 Å². The first kappa shape index (κ1) is 10.3. The van der Waals surface area contributed by atoms with Gasteiger partial charge in [0, 0.05) is 10.2 Å². The van der Waals surface area contributed by atoms with Gasteiger partial charge in [0.2, 0.25) is 0 Å². The van der Waals surface area contributed by atoms with Gasteiger partial charge in [0.05, 0.1) is 12.2 Å². The Morgan fingerprint density at radius 3 is 2.62 bits per heavy atom. The molecular formula is C7H6BrF2NO2. The third kappa shape index (κ3) is 2.13. The van der Waals surface area contributed by atoms with Crippen molar-refractivity contribution >= 4 is 15.9 Å². The van der Waals surface area contributed by atoms with Crippen molar-refractivity contribution in [1.82, 2.24) is 4.98 Å². The van der Waals surface area contributed by atoms with E-state index >= 15 is 0 Å². The minimum Gasteiger partial charge on any atom is -0.390 e. The first-order chi connectivity index (χ1) is 6.06. The second-order valence-corrected chi connectivity index (χ2v) is 3.20. The number of aliphatic hydroxyl groups is 1. The molecule has 0 aliphatic rings. The molecule has 0 amide bonds. The van der Waals surface area contributed by atoms with Crippen LogP contribution in [0.25, 0.3) is 0 Å². The highest BCUT2D eigenvalue weighted by Crippen LogP contribution is 2.23. The van der Waals surface area contributed by atoms with Crippen LogP contribution in [0.5, 0.6) is 0 Å². The molecule has 1 aromatic rings.